The van der Waals surface area contributed by atoms with Crippen LogP contribution in [0.2, 0.25) is 0 Å². The zero-order valence-electron chi connectivity index (χ0n) is 10.2. The van der Waals surface area contributed by atoms with E-state index in [4.69, 9.17) is 5.73 Å². The highest BCUT2D eigenvalue weighted by Crippen LogP contribution is 2.50. The molecule has 3 heteroatoms. The van der Waals surface area contributed by atoms with E-state index in [1.165, 1.54) is 6.42 Å². The Morgan fingerprint density at radius 1 is 1.60 bits per heavy atom. The van der Waals surface area contributed by atoms with Gasteiger partial charge in [-0.25, -0.2) is 0 Å². The van der Waals surface area contributed by atoms with Crippen LogP contribution in [-0.2, 0) is 4.79 Å². The van der Waals surface area contributed by atoms with Crippen molar-refractivity contribution in [3.8, 4) is 0 Å². The fourth-order valence-electron chi connectivity index (χ4n) is 1.75. The van der Waals surface area contributed by atoms with Crippen molar-refractivity contribution in [2.45, 2.75) is 40.0 Å². The molecule has 0 radical (unpaired) electrons. The molecule has 3 nitrogen and oxygen atoms in total. The smallest absolute Gasteiger partial charge is 0.220 e. The molecule has 1 fully saturated rings. The van der Waals surface area contributed by atoms with Gasteiger partial charge in [-0.1, -0.05) is 20.8 Å². The molecule has 0 aromatic rings. The predicted octanol–water partition coefficient (Wildman–Crippen LogP) is 1.52. The van der Waals surface area contributed by atoms with Gasteiger partial charge in [-0.05, 0) is 36.6 Å². The van der Waals surface area contributed by atoms with E-state index in [2.05, 4.69) is 26.1 Å². The SMILES string of the molecule is CC(CN)CCC(=O)NCC1CC1(C)C. The van der Waals surface area contributed by atoms with Crippen molar-refractivity contribution in [2.75, 3.05) is 13.1 Å². The molecule has 1 amide bonds. The van der Waals surface area contributed by atoms with E-state index < -0.39 is 0 Å². The monoisotopic (exact) mass is 212 g/mol. The Balaban J connectivity index is 2.04. The minimum atomic E-state index is 0.179. The summed E-state index contributed by atoms with van der Waals surface area (Å²) >= 11 is 0. The topological polar surface area (TPSA) is 55.1 Å². The Kier molecular flexibility index (Phi) is 4.14. The van der Waals surface area contributed by atoms with Crippen LogP contribution in [-0.4, -0.2) is 19.0 Å². The minimum absolute atomic E-state index is 0.179. The first-order chi connectivity index (χ1) is 6.95. The quantitative estimate of drug-likeness (QED) is 0.701. The second-order valence-corrected chi connectivity index (χ2v) is 5.57. The first-order valence-electron chi connectivity index (χ1n) is 5.92. The molecule has 3 N–H and O–H groups in total. The largest absolute Gasteiger partial charge is 0.356 e. The number of hydrogen-bond acceptors (Lipinski definition) is 2. The Labute approximate surface area is 92.8 Å². The molecule has 0 bridgehead atoms. The van der Waals surface area contributed by atoms with Crippen LogP contribution < -0.4 is 11.1 Å². The zero-order chi connectivity index (χ0) is 11.5. The standard InChI is InChI=1S/C12H24N2O/c1-9(7-13)4-5-11(15)14-8-10-6-12(10,2)3/h9-10H,4-8,13H2,1-3H3,(H,14,15). The summed E-state index contributed by atoms with van der Waals surface area (Å²) in [6.45, 7) is 8.10. The van der Waals surface area contributed by atoms with E-state index in [1.54, 1.807) is 0 Å². The predicted molar refractivity (Wildman–Crippen MR) is 62.4 cm³/mol. The van der Waals surface area contributed by atoms with Gasteiger partial charge < -0.3 is 11.1 Å². The van der Waals surface area contributed by atoms with Gasteiger partial charge in [-0.2, -0.15) is 0 Å². The van der Waals surface area contributed by atoms with Gasteiger partial charge in [-0.3, -0.25) is 4.79 Å². The number of rotatable bonds is 6. The highest BCUT2D eigenvalue weighted by atomic mass is 16.1. The molecule has 2 unspecified atom stereocenters. The Hall–Kier alpha value is -0.570. The van der Waals surface area contributed by atoms with Crippen LogP contribution in [0.25, 0.3) is 0 Å². The molecule has 0 aromatic carbocycles. The lowest BCUT2D eigenvalue weighted by atomic mass is 10.1. The normalized spacial score (nSPS) is 24.7. The Morgan fingerprint density at radius 2 is 2.20 bits per heavy atom. The molecule has 2 atom stereocenters. The van der Waals surface area contributed by atoms with Gasteiger partial charge in [0.25, 0.3) is 0 Å². The van der Waals surface area contributed by atoms with Gasteiger partial charge >= 0.3 is 0 Å². The average Bonchev–Trinajstić information content (AvgIpc) is 2.79. The molecule has 0 saturated heterocycles. The maximum atomic E-state index is 11.5. The summed E-state index contributed by atoms with van der Waals surface area (Å²) < 4.78 is 0. The highest BCUT2D eigenvalue weighted by Gasteiger charge is 2.45. The van der Waals surface area contributed by atoms with E-state index in [0.29, 0.717) is 30.2 Å². The summed E-state index contributed by atoms with van der Waals surface area (Å²) in [7, 11) is 0. The first kappa shape index (κ1) is 12.5. The van der Waals surface area contributed by atoms with Crippen LogP contribution in [0.4, 0.5) is 0 Å². The first-order valence-corrected chi connectivity index (χ1v) is 5.92. The molecule has 15 heavy (non-hydrogen) atoms. The molecular formula is C12H24N2O. The zero-order valence-corrected chi connectivity index (χ0v) is 10.2. The molecule has 88 valence electrons. The van der Waals surface area contributed by atoms with Crippen molar-refractivity contribution in [3.05, 3.63) is 0 Å². The number of carbonyl (C=O) groups is 1. The molecule has 0 heterocycles. The van der Waals surface area contributed by atoms with Gasteiger partial charge in [0, 0.05) is 13.0 Å². The summed E-state index contributed by atoms with van der Waals surface area (Å²) in [6.07, 6.45) is 2.76. The number of nitrogens with one attached hydrogen (secondary N) is 1. The molecular weight excluding hydrogens is 188 g/mol. The van der Waals surface area contributed by atoms with Gasteiger partial charge in [-0.15, -0.1) is 0 Å². The van der Waals surface area contributed by atoms with Crippen LogP contribution >= 0.6 is 0 Å². The molecule has 0 aromatic heterocycles. The lowest BCUT2D eigenvalue weighted by Gasteiger charge is -2.09. The number of nitrogens with two attached hydrogens (primary N) is 1. The van der Waals surface area contributed by atoms with Crippen LogP contribution in [0.1, 0.15) is 40.0 Å². The van der Waals surface area contributed by atoms with Gasteiger partial charge in [0.1, 0.15) is 0 Å². The molecule has 1 saturated carbocycles. The summed E-state index contributed by atoms with van der Waals surface area (Å²) in [4.78, 5) is 11.5. The maximum Gasteiger partial charge on any atom is 0.220 e. The van der Waals surface area contributed by atoms with Gasteiger partial charge in [0.05, 0.1) is 0 Å². The number of hydrogen-bond donors (Lipinski definition) is 2. The third-order valence-corrected chi connectivity index (χ3v) is 3.53. The third-order valence-electron chi connectivity index (χ3n) is 3.53. The van der Waals surface area contributed by atoms with E-state index in [0.717, 1.165) is 13.0 Å². The Bertz CT molecular complexity index is 226. The fraction of sp³-hybridized carbons (Fsp3) is 0.917. The lowest BCUT2D eigenvalue weighted by molar-refractivity contribution is -0.121. The molecule has 1 aliphatic rings. The van der Waals surface area contributed by atoms with E-state index >= 15 is 0 Å². The number of carbonyl (C=O) groups excluding carboxylic acids is 1. The molecule has 1 aliphatic carbocycles. The minimum Gasteiger partial charge on any atom is -0.356 e. The van der Waals surface area contributed by atoms with Crippen molar-refractivity contribution in [1.82, 2.24) is 5.32 Å². The summed E-state index contributed by atoms with van der Waals surface area (Å²) in [5, 5.41) is 3.00. The van der Waals surface area contributed by atoms with E-state index in [1.807, 2.05) is 0 Å². The van der Waals surface area contributed by atoms with Crippen molar-refractivity contribution >= 4 is 5.91 Å². The van der Waals surface area contributed by atoms with Crippen molar-refractivity contribution in [1.29, 1.82) is 0 Å². The lowest BCUT2D eigenvalue weighted by Crippen LogP contribution is -2.27. The Morgan fingerprint density at radius 3 is 2.67 bits per heavy atom. The van der Waals surface area contributed by atoms with Gasteiger partial charge in [0.2, 0.25) is 5.91 Å². The van der Waals surface area contributed by atoms with Gasteiger partial charge in [0.15, 0.2) is 0 Å². The van der Waals surface area contributed by atoms with Crippen molar-refractivity contribution in [3.63, 3.8) is 0 Å². The summed E-state index contributed by atoms with van der Waals surface area (Å²) in [5.74, 6) is 1.32. The molecule has 1 rings (SSSR count). The third kappa shape index (κ3) is 4.20. The van der Waals surface area contributed by atoms with Crippen LogP contribution in [0, 0.1) is 17.3 Å². The molecule has 0 spiro atoms. The van der Waals surface area contributed by atoms with Crippen LogP contribution in [0.15, 0.2) is 0 Å². The highest BCUT2D eigenvalue weighted by molar-refractivity contribution is 5.75. The van der Waals surface area contributed by atoms with Crippen LogP contribution in [0.3, 0.4) is 0 Å². The second kappa shape index (κ2) is 4.97. The van der Waals surface area contributed by atoms with Crippen LogP contribution in [0.5, 0.6) is 0 Å². The average molecular weight is 212 g/mol. The maximum absolute atomic E-state index is 11.5. The summed E-state index contributed by atoms with van der Waals surface area (Å²) in [5.41, 5.74) is 5.95. The van der Waals surface area contributed by atoms with Crippen molar-refractivity contribution < 1.29 is 4.79 Å². The van der Waals surface area contributed by atoms with E-state index in [9.17, 15) is 4.79 Å². The van der Waals surface area contributed by atoms with E-state index in [-0.39, 0.29) is 5.91 Å². The molecule has 0 aliphatic heterocycles. The van der Waals surface area contributed by atoms with Crippen molar-refractivity contribution in [2.24, 2.45) is 23.0 Å². The fourth-order valence-corrected chi connectivity index (χ4v) is 1.75. The summed E-state index contributed by atoms with van der Waals surface area (Å²) in [6, 6.07) is 0. The number of amides is 1. The second-order valence-electron chi connectivity index (χ2n) is 5.57.